The van der Waals surface area contributed by atoms with Gasteiger partial charge in [-0.1, -0.05) is 12.1 Å². The molecule has 0 unspecified atom stereocenters. The van der Waals surface area contributed by atoms with E-state index in [4.69, 9.17) is 4.74 Å². The second-order valence-electron chi connectivity index (χ2n) is 6.41. The average Bonchev–Trinajstić information content (AvgIpc) is 3.21. The fraction of sp³-hybridized carbons (Fsp3) is 0.316. The molecule has 1 fully saturated rings. The molecule has 1 aliphatic rings. The molecule has 2 heterocycles. The van der Waals surface area contributed by atoms with E-state index in [1.54, 1.807) is 6.07 Å². The quantitative estimate of drug-likeness (QED) is 0.673. The number of nitrogens with zero attached hydrogens (tertiary/aromatic N) is 1. The van der Waals surface area contributed by atoms with Crippen molar-refractivity contribution in [1.29, 1.82) is 0 Å². The molecule has 1 aromatic carbocycles. The number of benzene rings is 1. The number of thiophene rings is 1. The van der Waals surface area contributed by atoms with Crippen LogP contribution in [-0.2, 0) is 32.3 Å². The van der Waals surface area contributed by atoms with Gasteiger partial charge in [0.1, 0.15) is 4.21 Å². The first-order valence-corrected chi connectivity index (χ1v) is 11.2. The fourth-order valence-corrected chi connectivity index (χ4v) is 5.59. The zero-order valence-electron chi connectivity index (χ0n) is 15.7. The van der Waals surface area contributed by atoms with Gasteiger partial charge >= 0.3 is 6.18 Å². The zero-order valence-corrected chi connectivity index (χ0v) is 17.3. The van der Waals surface area contributed by atoms with Crippen LogP contribution in [0.4, 0.5) is 13.2 Å². The lowest BCUT2D eigenvalue weighted by Gasteiger charge is -2.25. The Morgan fingerprint density at radius 1 is 1.20 bits per heavy atom. The minimum Gasteiger partial charge on any atom is -0.379 e. The van der Waals surface area contributed by atoms with Gasteiger partial charge in [-0.15, -0.1) is 11.3 Å². The van der Waals surface area contributed by atoms with Crippen molar-refractivity contribution >= 4 is 33.3 Å². The van der Waals surface area contributed by atoms with Crippen molar-refractivity contribution in [3.05, 3.63) is 58.5 Å². The Bertz CT molecular complexity index is 1030. The van der Waals surface area contributed by atoms with E-state index in [0.29, 0.717) is 31.2 Å². The highest BCUT2D eigenvalue weighted by atomic mass is 32.2. The van der Waals surface area contributed by atoms with Gasteiger partial charge in [0, 0.05) is 24.0 Å². The summed E-state index contributed by atoms with van der Waals surface area (Å²) in [4.78, 5) is 12.6. The molecule has 1 aliphatic heterocycles. The van der Waals surface area contributed by atoms with E-state index in [0.717, 1.165) is 29.5 Å². The number of hydrogen-bond acceptors (Lipinski definition) is 5. The highest BCUT2D eigenvalue weighted by Gasteiger charge is 2.30. The van der Waals surface area contributed by atoms with Gasteiger partial charge in [-0.25, -0.2) is 8.42 Å². The number of ether oxygens (including phenoxy) is 1. The van der Waals surface area contributed by atoms with Crippen molar-refractivity contribution in [2.75, 3.05) is 26.3 Å². The minimum atomic E-state index is -4.45. The summed E-state index contributed by atoms with van der Waals surface area (Å²) in [5.74, 6) is -0.501. The van der Waals surface area contributed by atoms with Crippen molar-refractivity contribution in [3.63, 3.8) is 0 Å². The number of alkyl halides is 3. The lowest BCUT2D eigenvalue weighted by molar-refractivity contribution is -0.137. The molecular formula is C19H19F3N2O4S2. The first-order valence-electron chi connectivity index (χ1n) is 8.96. The van der Waals surface area contributed by atoms with Gasteiger partial charge in [0.25, 0.3) is 10.0 Å². The van der Waals surface area contributed by atoms with Gasteiger partial charge in [-0.05, 0) is 35.9 Å². The van der Waals surface area contributed by atoms with Gasteiger partial charge in [0.2, 0.25) is 5.91 Å². The summed E-state index contributed by atoms with van der Waals surface area (Å²) in [7, 11) is -3.59. The third-order valence-corrected chi connectivity index (χ3v) is 7.73. The second kappa shape index (κ2) is 9.29. The summed E-state index contributed by atoms with van der Waals surface area (Å²) in [6, 6.07) is 7.75. The molecule has 162 valence electrons. The van der Waals surface area contributed by atoms with E-state index < -0.39 is 27.7 Å². The largest absolute Gasteiger partial charge is 0.416 e. The molecule has 11 heteroatoms. The number of carbonyl (C=O) groups is 1. The molecule has 1 amide bonds. The van der Waals surface area contributed by atoms with Crippen molar-refractivity contribution in [2.45, 2.75) is 16.9 Å². The molecule has 6 nitrogen and oxygen atoms in total. The van der Waals surface area contributed by atoms with Crippen LogP contribution in [0, 0.1) is 0 Å². The molecule has 0 bridgehead atoms. The topological polar surface area (TPSA) is 75.7 Å². The molecule has 1 N–H and O–H groups in total. The molecular weight excluding hydrogens is 441 g/mol. The molecule has 30 heavy (non-hydrogen) atoms. The Balaban J connectivity index is 1.57. The van der Waals surface area contributed by atoms with Gasteiger partial charge in [-0.2, -0.15) is 17.5 Å². The first-order chi connectivity index (χ1) is 14.2. The van der Waals surface area contributed by atoms with E-state index in [9.17, 15) is 26.4 Å². The fourth-order valence-electron chi connectivity index (χ4n) is 2.73. The first kappa shape index (κ1) is 22.5. The lowest BCUT2D eigenvalue weighted by atomic mass is 10.1. The number of morpholine rings is 1. The number of carbonyl (C=O) groups excluding carboxylic acids is 1. The smallest absolute Gasteiger partial charge is 0.379 e. The van der Waals surface area contributed by atoms with Crippen molar-refractivity contribution in [3.8, 4) is 0 Å². The van der Waals surface area contributed by atoms with Crippen molar-refractivity contribution < 1.29 is 31.1 Å². The third-order valence-electron chi connectivity index (χ3n) is 4.28. The summed E-state index contributed by atoms with van der Waals surface area (Å²) in [5, 5.41) is 2.59. The predicted octanol–water partition coefficient (Wildman–Crippen LogP) is 3.12. The summed E-state index contributed by atoms with van der Waals surface area (Å²) in [6.07, 6.45) is -2.04. The Kier molecular flexibility index (Phi) is 6.96. The Morgan fingerprint density at radius 3 is 2.63 bits per heavy atom. The average molecular weight is 460 g/mol. The van der Waals surface area contributed by atoms with E-state index >= 15 is 0 Å². The van der Waals surface area contributed by atoms with Crippen LogP contribution in [0.2, 0.25) is 0 Å². The monoisotopic (exact) mass is 460 g/mol. The van der Waals surface area contributed by atoms with Gasteiger partial charge in [0.15, 0.2) is 0 Å². The standard InChI is InChI=1S/C19H19F3N2O4S2/c20-19(21,22)15-3-1-2-14(12-15)4-6-17(25)23-13-16-5-7-18(29-16)30(26,27)24-8-10-28-11-9-24/h1-7,12H,8-11,13H2,(H,23,25)/b6-4+. The van der Waals surface area contributed by atoms with E-state index in [-0.39, 0.29) is 16.3 Å². The van der Waals surface area contributed by atoms with Crippen LogP contribution in [-0.4, -0.2) is 44.9 Å². The number of hydrogen-bond donors (Lipinski definition) is 1. The Morgan fingerprint density at radius 2 is 1.93 bits per heavy atom. The second-order valence-corrected chi connectivity index (χ2v) is 9.74. The Hall–Kier alpha value is -2.21. The van der Waals surface area contributed by atoms with Crippen LogP contribution in [0.5, 0.6) is 0 Å². The van der Waals surface area contributed by atoms with Crippen LogP contribution in [0.15, 0.2) is 46.7 Å². The van der Waals surface area contributed by atoms with Crippen molar-refractivity contribution in [1.82, 2.24) is 9.62 Å². The summed E-state index contributed by atoms with van der Waals surface area (Å²) >= 11 is 1.06. The normalized spacial score (nSPS) is 16.1. The Labute approximate surface area is 176 Å². The maximum absolute atomic E-state index is 12.7. The molecule has 0 atom stereocenters. The lowest BCUT2D eigenvalue weighted by Crippen LogP contribution is -2.40. The SMILES string of the molecule is O=C(/C=C/c1cccc(C(F)(F)F)c1)NCc1ccc(S(=O)(=O)N2CCOCC2)s1. The molecule has 2 aromatic rings. The van der Waals surface area contributed by atoms with Gasteiger partial charge < -0.3 is 10.1 Å². The summed E-state index contributed by atoms with van der Waals surface area (Å²) in [5.41, 5.74) is -0.548. The van der Waals surface area contributed by atoms with Gasteiger partial charge in [0.05, 0.1) is 25.3 Å². The van der Waals surface area contributed by atoms with E-state index in [2.05, 4.69) is 5.32 Å². The van der Waals surface area contributed by atoms with Crippen LogP contribution in [0.1, 0.15) is 16.0 Å². The number of halogens is 3. The van der Waals surface area contributed by atoms with Gasteiger partial charge in [-0.3, -0.25) is 4.79 Å². The molecule has 1 aromatic heterocycles. The van der Waals surface area contributed by atoms with Crippen LogP contribution >= 0.6 is 11.3 Å². The number of nitrogens with one attached hydrogen (secondary N) is 1. The third kappa shape index (κ3) is 5.69. The number of amides is 1. The number of sulfonamides is 1. The zero-order chi connectivity index (χ0) is 21.8. The van der Waals surface area contributed by atoms with Crippen molar-refractivity contribution in [2.24, 2.45) is 0 Å². The molecule has 0 spiro atoms. The maximum Gasteiger partial charge on any atom is 0.416 e. The highest BCUT2D eigenvalue weighted by Crippen LogP contribution is 2.29. The van der Waals surface area contributed by atoms with Crippen LogP contribution in [0.3, 0.4) is 0 Å². The van der Waals surface area contributed by atoms with E-state index in [1.807, 2.05) is 0 Å². The number of rotatable bonds is 6. The molecule has 0 radical (unpaired) electrons. The van der Waals surface area contributed by atoms with Crippen LogP contribution < -0.4 is 5.32 Å². The summed E-state index contributed by atoms with van der Waals surface area (Å²) < 4.78 is 70.1. The predicted molar refractivity (Wildman–Crippen MR) is 106 cm³/mol. The molecule has 0 aliphatic carbocycles. The van der Waals surface area contributed by atoms with Crippen LogP contribution in [0.25, 0.3) is 6.08 Å². The molecule has 3 rings (SSSR count). The molecule has 0 saturated carbocycles. The highest BCUT2D eigenvalue weighted by molar-refractivity contribution is 7.91. The minimum absolute atomic E-state index is 0.106. The van der Waals surface area contributed by atoms with E-state index in [1.165, 1.54) is 28.6 Å². The summed E-state index contributed by atoms with van der Waals surface area (Å²) in [6.45, 7) is 1.41. The molecule has 1 saturated heterocycles. The maximum atomic E-state index is 12.7.